The minimum absolute atomic E-state index is 0.174. The topological polar surface area (TPSA) is 54.0 Å². The van der Waals surface area contributed by atoms with Gasteiger partial charge in [0.15, 0.2) is 0 Å². The Hall–Kier alpha value is -1.72. The van der Waals surface area contributed by atoms with Gasteiger partial charge in [-0.3, -0.25) is 4.79 Å². The van der Waals surface area contributed by atoms with Crippen LogP contribution in [-0.4, -0.2) is 30.5 Å². The second-order valence-corrected chi connectivity index (χ2v) is 8.53. The van der Waals surface area contributed by atoms with Gasteiger partial charge in [-0.15, -0.1) is 11.3 Å². The molecule has 1 aliphatic heterocycles. The number of nitrogens with one attached hydrogen (secondary N) is 2. The fourth-order valence-corrected chi connectivity index (χ4v) is 4.63. The maximum Gasteiger partial charge on any atom is 0.220 e. The molecule has 1 aliphatic rings. The van der Waals surface area contributed by atoms with Gasteiger partial charge in [0, 0.05) is 29.8 Å². The number of hydrogen-bond acceptors (Lipinski definition) is 4. The predicted octanol–water partition coefficient (Wildman–Crippen LogP) is 3.80. The van der Waals surface area contributed by atoms with Gasteiger partial charge < -0.3 is 10.6 Å². The molecule has 26 heavy (non-hydrogen) atoms. The number of amides is 1. The summed E-state index contributed by atoms with van der Waals surface area (Å²) < 4.78 is 0. The van der Waals surface area contributed by atoms with Gasteiger partial charge in [0.05, 0.1) is 10.7 Å². The second kappa shape index (κ2) is 9.28. The summed E-state index contributed by atoms with van der Waals surface area (Å²) in [6, 6.07) is 10.3. The molecular formula is C21H29N3OS. The van der Waals surface area contributed by atoms with Crippen molar-refractivity contribution in [2.75, 3.05) is 19.6 Å². The molecule has 140 valence electrons. The van der Waals surface area contributed by atoms with Crippen molar-refractivity contribution in [2.45, 2.75) is 39.5 Å². The highest BCUT2D eigenvalue weighted by Crippen LogP contribution is 2.27. The molecule has 0 radical (unpaired) electrons. The molecule has 1 atom stereocenters. The first kappa shape index (κ1) is 19.1. The summed E-state index contributed by atoms with van der Waals surface area (Å²) in [6.45, 7) is 7.17. The molecule has 2 N–H and O–H groups in total. The van der Waals surface area contributed by atoms with Crippen LogP contribution in [0.2, 0.25) is 0 Å². The lowest BCUT2D eigenvalue weighted by Crippen LogP contribution is -2.34. The number of hydrogen-bond donors (Lipinski definition) is 2. The van der Waals surface area contributed by atoms with E-state index in [1.807, 2.05) is 18.2 Å². The molecule has 1 unspecified atom stereocenters. The highest BCUT2D eigenvalue weighted by molar-refractivity contribution is 7.12. The molecule has 1 fully saturated rings. The van der Waals surface area contributed by atoms with Gasteiger partial charge in [-0.2, -0.15) is 0 Å². The lowest BCUT2D eigenvalue weighted by Gasteiger charge is -2.27. The third-order valence-corrected chi connectivity index (χ3v) is 6.28. The molecule has 2 aromatic rings. The van der Waals surface area contributed by atoms with Crippen LogP contribution in [-0.2, 0) is 11.2 Å². The van der Waals surface area contributed by atoms with E-state index in [9.17, 15) is 4.79 Å². The van der Waals surface area contributed by atoms with Crippen molar-refractivity contribution in [3.63, 3.8) is 0 Å². The van der Waals surface area contributed by atoms with E-state index in [-0.39, 0.29) is 5.91 Å². The molecule has 4 nitrogen and oxygen atoms in total. The zero-order valence-corrected chi connectivity index (χ0v) is 16.6. The number of carbonyl (C=O) groups excluding carboxylic acids is 1. The van der Waals surface area contributed by atoms with Gasteiger partial charge in [0.25, 0.3) is 0 Å². The first-order chi connectivity index (χ1) is 12.6. The number of piperidine rings is 1. The average molecular weight is 372 g/mol. The summed E-state index contributed by atoms with van der Waals surface area (Å²) in [5.74, 6) is 1.31. The Morgan fingerprint density at radius 1 is 1.31 bits per heavy atom. The molecule has 0 saturated carbocycles. The van der Waals surface area contributed by atoms with Crippen LogP contribution in [0.3, 0.4) is 0 Å². The number of aromatic nitrogens is 1. The van der Waals surface area contributed by atoms with Gasteiger partial charge in [-0.05, 0) is 44.7 Å². The van der Waals surface area contributed by atoms with E-state index in [1.165, 1.54) is 17.7 Å². The Labute approximate surface area is 160 Å². The summed E-state index contributed by atoms with van der Waals surface area (Å²) in [4.78, 5) is 18.2. The summed E-state index contributed by atoms with van der Waals surface area (Å²) in [5, 5.41) is 7.56. The molecule has 0 bridgehead atoms. The average Bonchev–Trinajstić information content (AvgIpc) is 3.03. The standard InChI is InChI=1S/C21H29N3OS/c1-15(17-8-11-22-12-9-17)14-19(25)23-13-10-20-24-21(16(2)26-20)18-6-4-3-5-7-18/h3-7,15,17,22H,8-14H2,1-2H3,(H,23,25). The van der Waals surface area contributed by atoms with Crippen LogP contribution in [0.25, 0.3) is 11.3 Å². The number of aryl methyl sites for hydroxylation is 1. The highest BCUT2D eigenvalue weighted by atomic mass is 32.1. The fourth-order valence-electron chi connectivity index (χ4n) is 3.68. The molecule has 0 aliphatic carbocycles. The van der Waals surface area contributed by atoms with Crippen LogP contribution in [0.4, 0.5) is 0 Å². The van der Waals surface area contributed by atoms with E-state index in [1.54, 1.807) is 11.3 Å². The van der Waals surface area contributed by atoms with Crippen molar-refractivity contribution in [3.05, 3.63) is 40.2 Å². The zero-order valence-electron chi connectivity index (χ0n) is 15.8. The molecule has 1 amide bonds. The minimum atomic E-state index is 0.174. The normalized spacial score (nSPS) is 16.4. The van der Waals surface area contributed by atoms with E-state index in [4.69, 9.17) is 4.98 Å². The van der Waals surface area contributed by atoms with Gasteiger partial charge >= 0.3 is 0 Å². The molecule has 5 heteroatoms. The van der Waals surface area contributed by atoms with E-state index in [2.05, 4.69) is 36.6 Å². The van der Waals surface area contributed by atoms with Crippen LogP contribution in [0.1, 0.15) is 36.1 Å². The lowest BCUT2D eigenvalue weighted by molar-refractivity contribution is -0.122. The van der Waals surface area contributed by atoms with Crippen molar-refractivity contribution >= 4 is 17.2 Å². The van der Waals surface area contributed by atoms with Gasteiger partial charge in [-0.1, -0.05) is 37.3 Å². The Kier molecular flexibility index (Phi) is 6.80. The fraction of sp³-hybridized carbons (Fsp3) is 0.524. The van der Waals surface area contributed by atoms with Crippen LogP contribution in [0.15, 0.2) is 30.3 Å². The number of thiazole rings is 1. The van der Waals surface area contributed by atoms with Crippen LogP contribution in [0.5, 0.6) is 0 Å². The predicted molar refractivity (Wildman–Crippen MR) is 108 cm³/mol. The summed E-state index contributed by atoms with van der Waals surface area (Å²) in [7, 11) is 0. The maximum absolute atomic E-state index is 12.2. The first-order valence-electron chi connectivity index (χ1n) is 9.62. The monoisotopic (exact) mass is 371 g/mol. The minimum Gasteiger partial charge on any atom is -0.356 e. The zero-order chi connectivity index (χ0) is 18.4. The van der Waals surface area contributed by atoms with Crippen LogP contribution >= 0.6 is 11.3 Å². The summed E-state index contributed by atoms with van der Waals surface area (Å²) >= 11 is 1.73. The van der Waals surface area contributed by atoms with Crippen molar-refractivity contribution in [1.29, 1.82) is 0 Å². The molecule has 1 aromatic carbocycles. The molecule has 2 heterocycles. The first-order valence-corrected chi connectivity index (χ1v) is 10.4. The van der Waals surface area contributed by atoms with Crippen LogP contribution in [0, 0.1) is 18.8 Å². The Balaban J connectivity index is 1.45. The van der Waals surface area contributed by atoms with E-state index >= 15 is 0 Å². The molecule has 1 saturated heterocycles. The Morgan fingerprint density at radius 3 is 2.77 bits per heavy atom. The van der Waals surface area contributed by atoms with Crippen molar-refractivity contribution in [3.8, 4) is 11.3 Å². The maximum atomic E-state index is 12.2. The van der Waals surface area contributed by atoms with Gasteiger partial charge in [-0.25, -0.2) is 4.98 Å². The number of rotatable bonds is 7. The van der Waals surface area contributed by atoms with E-state index in [0.717, 1.165) is 35.8 Å². The van der Waals surface area contributed by atoms with Crippen molar-refractivity contribution < 1.29 is 4.79 Å². The second-order valence-electron chi connectivity index (χ2n) is 7.25. The molecule has 1 aromatic heterocycles. The molecular weight excluding hydrogens is 342 g/mol. The Bertz CT molecular complexity index is 707. The third kappa shape index (κ3) is 5.15. The smallest absolute Gasteiger partial charge is 0.220 e. The number of benzene rings is 1. The van der Waals surface area contributed by atoms with Crippen molar-refractivity contribution in [1.82, 2.24) is 15.6 Å². The summed E-state index contributed by atoms with van der Waals surface area (Å²) in [5.41, 5.74) is 2.23. The molecule has 3 rings (SSSR count). The number of nitrogens with zero attached hydrogens (tertiary/aromatic N) is 1. The highest BCUT2D eigenvalue weighted by Gasteiger charge is 2.21. The largest absolute Gasteiger partial charge is 0.356 e. The summed E-state index contributed by atoms with van der Waals surface area (Å²) in [6.07, 6.45) is 3.81. The van der Waals surface area contributed by atoms with Crippen LogP contribution < -0.4 is 10.6 Å². The van der Waals surface area contributed by atoms with E-state index in [0.29, 0.717) is 24.8 Å². The third-order valence-electron chi connectivity index (χ3n) is 5.25. The Morgan fingerprint density at radius 2 is 2.04 bits per heavy atom. The SMILES string of the molecule is Cc1sc(CCNC(=O)CC(C)C2CCNCC2)nc1-c1ccccc1. The number of carbonyl (C=O) groups is 1. The molecule has 0 spiro atoms. The van der Waals surface area contributed by atoms with Crippen molar-refractivity contribution in [2.24, 2.45) is 11.8 Å². The lowest BCUT2D eigenvalue weighted by atomic mass is 9.84. The van der Waals surface area contributed by atoms with Gasteiger partial charge in [0.1, 0.15) is 0 Å². The van der Waals surface area contributed by atoms with Gasteiger partial charge in [0.2, 0.25) is 5.91 Å². The quantitative estimate of drug-likeness (QED) is 0.778. The van der Waals surface area contributed by atoms with E-state index < -0.39 is 0 Å².